The van der Waals surface area contributed by atoms with E-state index in [1.165, 1.54) is 13.0 Å². The fourth-order valence-corrected chi connectivity index (χ4v) is 3.72. The maximum absolute atomic E-state index is 11.5. The van der Waals surface area contributed by atoms with Crippen LogP contribution in [0.4, 0.5) is 0 Å². The molecule has 1 rings (SSSR count). The van der Waals surface area contributed by atoms with Crippen molar-refractivity contribution in [1.82, 2.24) is 5.32 Å². The molecule has 5 N–H and O–H groups in total. The van der Waals surface area contributed by atoms with Crippen LogP contribution in [0.5, 0.6) is 0 Å². The van der Waals surface area contributed by atoms with E-state index < -0.39 is 13.6 Å². The number of allylic oxidation sites excluding steroid dienone is 1. The predicted molar refractivity (Wildman–Crippen MR) is 92.3 cm³/mol. The van der Waals surface area contributed by atoms with Gasteiger partial charge in [0.2, 0.25) is 5.91 Å². The van der Waals surface area contributed by atoms with Gasteiger partial charge in [0.05, 0.1) is 6.04 Å². The van der Waals surface area contributed by atoms with Crippen LogP contribution in [0.1, 0.15) is 40.0 Å². The second kappa shape index (κ2) is 14.0. The number of guanidine groups is 1. The molecule has 0 aromatic carbocycles. The Kier molecular flexibility index (Phi) is 17.0. The van der Waals surface area contributed by atoms with Crippen molar-refractivity contribution in [2.75, 3.05) is 0 Å². The molecule has 1 aliphatic carbocycles. The zero-order valence-corrected chi connectivity index (χ0v) is 21.8. The smallest absolute Gasteiger partial charge is 0.808 e. The molecule has 0 aromatic rings. The van der Waals surface area contributed by atoms with Crippen LogP contribution >= 0.6 is 20.0 Å². The number of hydrogen-bond donors (Lipinski definition) is 3. The normalized spacial score (nSPS) is 20.5. The Bertz CT molecular complexity index is 553. The fourth-order valence-electron chi connectivity index (χ4n) is 2.98. The van der Waals surface area contributed by atoms with Crippen LogP contribution < -0.4 is 85.7 Å². The van der Waals surface area contributed by atoms with Gasteiger partial charge in [-0.25, -0.2) is 4.99 Å². The van der Waals surface area contributed by atoms with E-state index in [1.807, 2.05) is 13.8 Å². The summed E-state index contributed by atoms with van der Waals surface area (Å²) in [5, 5.41) is 2.72. The van der Waals surface area contributed by atoms with Crippen molar-refractivity contribution in [2.24, 2.45) is 28.3 Å². The molecule has 0 radical (unpaired) electrons. The van der Waals surface area contributed by atoms with Gasteiger partial charge >= 0.3 is 59.1 Å². The molecule has 0 saturated heterocycles. The third-order valence-electron chi connectivity index (χ3n) is 3.84. The van der Waals surface area contributed by atoms with E-state index >= 15 is 0 Å². The molecule has 1 amide bonds. The first-order chi connectivity index (χ1) is 10.5. The molecule has 0 unspecified atom stereocenters. The van der Waals surface area contributed by atoms with Gasteiger partial charge in [0, 0.05) is 18.9 Å². The zero-order valence-electron chi connectivity index (χ0n) is 16.1. The number of nitrogens with one attached hydrogen (secondary N) is 1. The molecular weight excluding hydrogens is 401 g/mol. The van der Waals surface area contributed by atoms with Crippen molar-refractivity contribution in [3.05, 3.63) is 11.4 Å². The van der Waals surface area contributed by atoms with Gasteiger partial charge in [0.25, 0.3) is 0 Å². The minimum absolute atomic E-state index is 0. The van der Waals surface area contributed by atoms with Crippen molar-refractivity contribution in [3.8, 4) is 0 Å². The minimum Gasteiger partial charge on any atom is -0.808 e. The molecule has 12 heteroatoms. The molecule has 0 saturated carbocycles. The largest absolute Gasteiger partial charge is 1.00 e. The molecule has 0 heterocycles. The molecule has 0 fully saturated rings. The van der Waals surface area contributed by atoms with E-state index in [0.29, 0.717) is 18.8 Å². The van der Waals surface area contributed by atoms with Crippen molar-refractivity contribution in [1.29, 1.82) is 0 Å². The molecule has 0 bridgehead atoms. The van der Waals surface area contributed by atoms with Crippen molar-refractivity contribution >= 4 is 31.9 Å². The van der Waals surface area contributed by atoms with E-state index in [-0.39, 0.29) is 107 Å². The molecule has 3 atom stereocenters. The predicted octanol–water partition coefficient (Wildman–Crippen LogP) is -6.18. The van der Waals surface area contributed by atoms with Gasteiger partial charge < -0.3 is 31.1 Å². The number of rotatable bonds is 6. The van der Waals surface area contributed by atoms with Gasteiger partial charge in [-0.15, -0.1) is 12.4 Å². The van der Waals surface area contributed by atoms with Crippen LogP contribution in [-0.2, 0) is 9.36 Å². The Labute approximate surface area is 205 Å². The number of nitrogens with zero attached hydrogens (tertiary/aromatic N) is 1. The van der Waals surface area contributed by atoms with E-state index in [0.717, 1.165) is 0 Å². The minimum atomic E-state index is -4.81. The maximum atomic E-state index is 11.5. The monoisotopic (exact) mass is 426 g/mol. The summed E-state index contributed by atoms with van der Waals surface area (Å²) in [6.45, 7) is 5.48. The maximum Gasteiger partial charge on any atom is 1.00 e. The number of carbonyl (C=O) groups is 1. The summed E-state index contributed by atoms with van der Waals surface area (Å²) in [7, 11) is -4.81. The number of halogens is 1. The van der Waals surface area contributed by atoms with E-state index in [4.69, 9.17) is 11.5 Å². The number of carbonyl (C=O) groups excluding carboxylic acids is 1. The van der Waals surface area contributed by atoms with Crippen LogP contribution in [0.25, 0.3) is 0 Å². The first-order valence-electron chi connectivity index (χ1n) is 7.58. The Hall–Kier alpha value is 0.920. The molecule has 26 heavy (non-hydrogen) atoms. The Balaban J connectivity index is -0.00000176. The van der Waals surface area contributed by atoms with E-state index in [2.05, 4.69) is 10.3 Å². The molecule has 8 nitrogen and oxygen atoms in total. The van der Waals surface area contributed by atoms with Gasteiger partial charge in [-0.1, -0.05) is 19.9 Å². The van der Waals surface area contributed by atoms with Crippen LogP contribution in [0.3, 0.4) is 0 Å². The van der Waals surface area contributed by atoms with E-state index in [9.17, 15) is 19.1 Å². The number of amides is 1. The Morgan fingerprint density at radius 2 is 1.92 bits per heavy atom. The molecule has 1 aliphatic rings. The second-order valence-corrected chi connectivity index (χ2v) is 7.92. The number of hydrogen-bond acceptors (Lipinski definition) is 5. The van der Waals surface area contributed by atoms with Crippen molar-refractivity contribution < 1.29 is 78.3 Å². The quantitative estimate of drug-likeness (QED) is 0.166. The Morgan fingerprint density at radius 1 is 1.38 bits per heavy atom. The third kappa shape index (κ3) is 11.1. The second-order valence-electron chi connectivity index (χ2n) is 6.35. The van der Waals surface area contributed by atoms with Crippen LogP contribution in [-0.4, -0.2) is 24.0 Å². The topological polar surface area (TPSA) is 157 Å². The fraction of sp³-hybridized carbons (Fsp3) is 0.714. The van der Waals surface area contributed by atoms with Crippen LogP contribution in [0.15, 0.2) is 16.4 Å². The molecule has 0 aromatic heterocycles. The average Bonchev–Trinajstić information content (AvgIpc) is 2.34. The molecular formula is C14H26ClN4Na2O4P. The SMILES string of the molecule is CC(=O)N[C@@H](CC(C)C)[C@@H]1CC=C(P(=O)([O-])[O-])C[C@H]1N=C(N)N.Cl.[Na+].[Na+]. The average molecular weight is 427 g/mol. The van der Waals surface area contributed by atoms with Crippen molar-refractivity contribution in [3.63, 3.8) is 0 Å². The first-order valence-corrected chi connectivity index (χ1v) is 9.12. The number of nitrogens with two attached hydrogens (primary N) is 2. The molecule has 0 aliphatic heterocycles. The zero-order chi connectivity index (χ0) is 17.8. The summed E-state index contributed by atoms with van der Waals surface area (Å²) in [6, 6.07) is -0.747. The van der Waals surface area contributed by atoms with Crippen LogP contribution in [0.2, 0.25) is 0 Å². The van der Waals surface area contributed by atoms with E-state index in [1.54, 1.807) is 0 Å². The van der Waals surface area contributed by atoms with Gasteiger partial charge in [0.1, 0.15) is 0 Å². The molecule has 0 spiro atoms. The summed E-state index contributed by atoms with van der Waals surface area (Å²) in [5.41, 5.74) is 10.9. The summed E-state index contributed by atoms with van der Waals surface area (Å²) in [4.78, 5) is 38.1. The third-order valence-corrected chi connectivity index (χ3v) is 4.90. The van der Waals surface area contributed by atoms with Crippen molar-refractivity contribution in [2.45, 2.75) is 52.1 Å². The number of aliphatic imine (C=N–C) groups is 1. The van der Waals surface area contributed by atoms with Gasteiger partial charge in [-0.2, -0.15) is 0 Å². The summed E-state index contributed by atoms with van der Waals surface area (Å²) < 4.78 is 11.3. The standard InChI is InChI=1S/C14H27N4O4P.ClH.2Na/c1-8(2)6-12(17-9(3)19)11-5-4-10(23(20,21)22)7-13(11)18-14(15)16;;;/h4,8,11-13H,5-7H2,1-3H3,(H,17,19)(H4,15,16,18)(H2,20,21,22);1H;;/q;;2*+1/p-2/t11-,12-,13+;;;/m0.../s1. The van der Waals surface area contributed by atoms with Gasteiger partial charge in [-0.3, -0.25) is 4.79 Å². The summed E-state index contributed by atoms with van der Waals surface area (Å²) >= 11 is 0. The van der Waals surface area contributed by atoms with Crippen LogP contribution in [0, 0.1) is 11.8 Å². The van der Waals surface area contributed by atoms with Gasteiger partial charge in [0.15, 0.2) is 5.96 Å². The first kappa shape index (κ1) is 31.6. The Morgan fingerprint density at radius 3 is 2.31 bits per heavy atom. The molecule has 140 valence electrons. The summed E-state index contributed by atoms with van der Waals surface area (Å²) in [6.07, 6.45) is 2.42. The summed E-state index contributed by atoms with van der Waals surface area (Å²) in [5.74, 6) is -0.188. The van der Waals surface area contributed by atoms with Gasteiger partial charge in [-0.05, 0) is 38.1 Å².